The molecule has 0 aliphatic heterocycles. The van der Waals surface area contributed by atoms with Gasteiger partial charge in [-0.05, 0) is 55.5 Å². The van der Waals surface area contributed by atoms with Crippen LogP contribution in [-0.4, -0.2) is 26.9 Å². The van der Waals surface area contributed by atoms with E-state index in [1.807, 2.05) is 31.2 Å². The molecule has 0 unspecified atom stereocenters. The highest BCUT2D eigenvalue weighted by atomic mass is 32.2. The van der Waals surface area contributed by atoms with Crippen LogP contribution >= 0.6 is 0 Å². The topological polar surface area (TPSA) is 75.3 Å². The van der Waals surface area contributed by atoms with Crippen LogP contribution in [0.2, 0.25) is 0 Å². The van der Waals surface area contributed by atoms with Gasteiger partial charge < -0.3 is 5.32 Å². The maximum Gasteiger partial charge on any atom is 0.244 e. The Kier molecular flexibility index (Phi) is 7.23. The Hall–Kier alpha value is -2.44. The highest BCUT2D eigenvalue weighted by molar-refractivity contribution is 7.89. The molecule has 0 bridgehead atoms. The predicted octanol–water partition coefficient (Wildman–Crippen LogP) is 3.59. The molecule has 0 heterocycles. The van der Waals surface area contributed by atoms with Gasteiger partial charge in [0, 0.05) is 18.7 Å². The summed E-state index contributed by atoms with van der Waals surface area (Å²) in [6.07, 6.45) is 7.93. The number of carbonyl (C=O) groups excluding carboxylic acids is 1. The lowest BCUT2D eigenvalue weighted by molar-refractivity contribution is -0.116. The van der Waals surface area contributed by atoms with E-state index in [4.69, 9.17) is 0 Å². The van der Waals surface area contributed by atoms with Crippen molar-refractivity contribution in [2.45, 2.75) is 50.0 Å². The number of carbonyl (C=O) groups is 1. The molecule has 0 radical (unpaired) electrons. The SMILES string of the molecule is Cc1ccc(/C=C/C(=O)NCCc2ccc(S(=O)(=O)NC3CCCC3)cc2)cc1. The molecule has 0 spiro atoms. The second-order valence-electron chi connectivity index (χ2n) is 7.53. The molecule has 2 aromatic rings. The minimum absolute atomic E-state index is 0.0582. The lowest BCUT2D eigenvalue weighted by Crippen LogP contribution is -2.32. The third-order valence-corrected chi connectivity index (χ3v) is 6.66. The van der Waals surface area contributed by atoms with Gasteiger partial charge in [0.05, 0.1) is 4.90 Å². The van der Waals surface area contributed by atoms with E-state index >= 15 is 0 Å². The highest BCUT2D eigenvalue weighted by Crippen LogP contribution is 2.20. The molecule has 1 aliphatic carbocycles. The van der Waals surface area contributed by atoms with E-state index in [1.165, 1.54) is 11.6 Å². The number of nitrogens with one attached hydrogen (secondary N) is 2. The minimum atomic E-state index is -3.46. The predicted molar refractivity (Wildman–Crippen MR) is 116 cm³/mol. The van der Waals surface area contributed by atoms with Gasteiger partial charge in [-0.15, -0.1) is 0 Å². The zero-order valence-electron chi connectivity index (χ0n) is 16.7. The summed E-state index contributed by atoms with van der Waals surface area (Å²) < 4.78 is 27.7. The first kappa shape index (κ1) is 21.3. The molecule has 1 amide bonds. The number of aryl methyl sites for hydroxylation is 1. The smallest absolute Gasteiger partial charge is 0.244 e. The number of amides is 1. The summed E-state index contributed by atoms with van der Waals surface area (Å²) in [5.74, 6) is -0.148. The van der Waals surface area contributed by atoms with Crippen LogP contribution in [0.1, 0.15) is 42.4 Å². The van der Waals surface area contributed by atoms with Gasteiger partial charge in [-0.25, -0.2) is 13.1 Å². The standard InChI is InChI=1S/C23H28N2O3S/c1-18-6-8-19(9-7-18)12-15-23(26)24-17-16-20-10-13-22(14-11-20)29(27,28)25-21-4-2-3-5-21/h6-15,21,25H,2-5,16-17H2,1H3,(H,24,26)/b15-12+. The van der Waals surface area contributed by atoms with Gasteiger partial charge in [0.2, 0.25) is 15.9 Å². The van der Waals surface area contributed by atoms with Gasteiger partial charge in [-0.2, -0.15) is 0 Å². The molecule has 0 atom stereocenters. The number of sulfonamides is 1. The number of rotatable bonds is 8. The van der Waals surface area contributed by atoms with Gasteiger partial charge in [0.25, 0.3) is 0 Å². The van der Waals surface area contributed by atoms with Crippen molar-refractivity contribution in [3.63, 3.8) is 0 Å². The molecular weight excluding hydrogens is 384 g/mol. The van der Waals surface area contributed by atoms with Gasteiger partial charge in [0.15, 0.2) is 0 Å². The maximum atomic E-state index is 12.4. The van der Waals surface area contributed by atoms with E-state index in [0.717, 1.165) is 36.8 Å². The third-order valence-electron chi connectivity index (χ3n) is 5.13. The number of benzene rings is 2. The number of hydrogen-bond donors (Lipinski definition) is 2. The van der Waals surface area contributed by atoms with Crippen LogP contribution in [-0.2, 0) is 21.2 Å². The molecule has 0 aromatic heterocycles. The lowest BCUT2D eigenvalue weighted by Gasteiger charge is -2.12. The van der Waals surface area contributed by atoms with E-state index < -0.39 is 10.0 Å². The highest BCUT2D eigenvalue weighted by Gasteiger charge is 2.22. The first-order valence-electron chi connectivity index (χ1n) is 10.1. The normalized spacial score (nSPS) is 15.1. The largest absolute Gasteiger partial charge is 0.352 e. The first-order valence-corrected chi connectivity index (χ1v) is 11.5. The fourth-order valence-electron chi connectivity index (χ4n) is 3.40. The monoisotopic (exact) mass is 412 g/mol. The third kappa shape index (κ3) is 6.54. The first-order chi connectivity index (χ1) is 13.9. The summed E-state index contributed by atoms with van der Waals surface area (Å²) in [6.45, 7) is 2.51. The molecule has 0 saturated heterocycles. The summed E-state index contributed by atoms with van der Waals surface area (Å²) >= 11 is 0. The van der Waals surface area contributed by atoms with Crippen LogP contribution in [0, 0.1) is 6.92 Å². The van der Waals surface area contributed by atoms with E-state index in [1.54, 1.807) is 30.3 Å². The van der Waals surface area contributed by atoms with Crippen LogP contribution < -0.4 is 10.0 Å². The molecule has 3 rings (SSSR count). The summed E-state index contributed by atoms with van der Waals surface area (Å²) in [5.41, 5.74) is 3.14. The number of hydrogen-bond acceptors (Lipinski definition) is 3. The van der Waals surface area contributed by atoms with Crippen molar-refractivity contribution in [1.29, 1.82) is 0 Å². The molecular formula is C23H28N2O3S. The summed E-state index contributed by atoms with van der Waals surface area (Å²) in [6, 6.07) is 14.9. The quantitative estimate of drug-likeness (QED) is 0.651. The molecule has 1 aliphatic rings. The average Bonchev–Trinajstić information content (AvgIpc) is 3.20. The Morgan fingerprint density at radius 1 is 1.03 bits per heavy atom. The van der Waals surface area contributed by atoms with Crippen LogP contribution in [0.4, 0.5) is 0 Å². The molecule has 6 heteroatoms. The van der Waals surface area contributed by atoms with Gasteiger partial charge in [-0.1, -0.05) is 54.8 Å². The van der Waals surface area contributed by atoms with Crippen molar-refractivity contribution in [3.8, 4) is 0 Å². The van der Waals surface area contributed by atoms with Gasteiger partial charge in [0.1, 0.15) is 0 Å². The van der Waals surface area contributed by atoms with E-state index in [9.17, 15) is 13.2 Å². The Morgan fingerprint density at radius 3 is 2.34 bits per heavy atom. The van der Waals surface area contributed by atoms with Crippen LogP contribution in [0.5, 0.6) is 0 Å². The zero-order chi connectivity index (χ0) is 20.7. The lowest BCUT2D eigenvalue weighted by atomic mass is 10.1. The van der Waals surface area contributed by atoms with Crippen molar-refractivity contribution >= 4 is 22.0 Å². The minimum Gasteiger partial charge on any atom is -0.352 e. The molecule has 29 heavy (non-hydrogen) atoms. The van der Waals surface area contributed by atoms with Crippen LogP contribution in [0.25, 0.3) is 6.08 Å². The summed E-state index contributed by atoms with van der Waals surface area (Å²) in [7, 11) is -3.46. The summed E-state index contributed by atoms with van der Waals surface area (Å²) in [5, 5.41) is 2.85. The van der Waals surface area contributed by atoms with Crippen molar-refractivity contribution < 1.29 is 13.2 Å². The van der Waals surface area contributed by atoms with Crippen LogP contribution in [0.15, 0.2) is 59.5 Å². The Balaban J connectivity index is 1.46. The molecule has 1 saturated carbocycles. The zero-order valence-corrected chi connectivity index (χ0v) is 17.5. The van der Waals surface area contributed by atoms with Gasteiger partial charge in [-0.3, -0.25) is 4.79 Å². The van der Waals surface area contributed by atoms with E-state index in [2.05, 4.69) is 10.0 Å². The second-order valence-corrected chi connectivity index (χ2v) is 9.25. The van der Waals surface area contributed by atoms with Gasteiger partial charge >= 0.3 is 0 Å². The molecule has 2 aromatic carbocycles. The molecule has 154 valence electrons. The molecule has 2 N–H and O–H groups in total. The second kappa shape index (κ2) is 9.85. The van der Waals surface area contributed by atoms with Crippen molar-refractivity contribution in [3.05, 3.63) is 71.3 Å². The Morgan fingerprint density at radius 2 is 1.69 bits per heavy atom. The van der Waals surface area contributed by atoms with Crippen LogP contribution in [0.3, 0.4) is 0 Å². The Labute approximate surface area is 173 Å². The molecule has 5 nitrogen and oxygen atoms in total. The molecule has 1 fully saturated rings. The van der Waals surface area contributed by atoms with Crippen molar-refractivity contribution in [2.75, 3.05) is 6.54 Å². The maximum absolute atomic E-state index is 12.4. The fourth-order valence-corrected chi connectivity index (χ4v) is 4.71. The van der Waals surface area contributed by atoms with Crippen molar-refractivity contribution in [2.24, 2.45) is 0 Å². The Bertz CT molecular complexity index is 943. The average molecular weight is 413 g/mol. The van der Waals surface area contributed by atoms with Crippen molar-refractivity contribution in [1.82, 2.24) is 10.0 Å². The van der Waals surface area contributed by atoms with E-state index in [0.29, 0.717) is 17.9 Å². The van der Waals surface area contributed by atoms with E-state index in [-0.39, 0.29) is 11.9 Å². The summed E-state index contributed by atoms with van der Waals surface area (Å²) in [4.78, 5) is 12.2. The fraction of sp³-hybridized carbons (Fsp3) is 0.348.